The van der Waals surface area contributed by atoms with Crippen molar-refractivity contribution in [2.45, 2.75) is 6.92 Å². The molecule has 1 heteroatoms. The Hall–Kier alpha value is -1.34. The average Bonchev–Trinajstić information content (AvgIpc) is 2.72. The third-order valence-electron chi connectivity index (χ3n) is 2.16. The zero-order valence-electron chi connectivity index (χ0n) is 8.10. The number of hydrogen-bond donors (Lipinski definition) is 0. The van der Waals surface area contributed by atoms with E-state index in [9.17, 15) is 0 Å². The van der Waals surface area contributed by atoms with Crippen LogP contribution in [0.2, 0.25) is 0 Å². The van der Waals surface area contributed by atoms with E-state index in [1.807, 2.05) is 6.07 Å². The molecule has 0 saturated carbocycles. The highest BCUT2D eigenvalue weighted by Gasteiger charge is 1.94. The molecule has 1 aromatic heterocycles. The highest BCUT2D eigenvalue weighted by Crippen LogP contribution is 2.18. The van der Waals surface area contributed by atoms with E-state index < -0.39 is 0 Å². The lowest BCUT2D eigenvalue weighted by Crippen LogP contribution is -1.76. The quantitative estimate of drug-likeness (QED) is 0.677. The van der Waals surface area contributed by atoms with Gasteiger partial charge in [0, 0.05) is 0 Å². The van der Waals surface area contributed by atoms with Gasteiger partial charge in [0.1, 0.15) is 0 Å². The molecule has 2 rings (SSSR count). The summed E-state index contributed by atoms with van der Waals surface area (Å²) in [6.07, 6.45) is 2.21. The van der Waals surface area contributed by atoms with Crippen molar-refractivity contribution in [2.24, 2.45) is 0 Å². The molecule has 0 N–H and O–H groups in total. The van der Waals surface area contributed by atoms with Crippen LogP contribution < -0.4 is 0 Å². The van der Waals surface area contributed by atoms with Crippen molar-refractivity contribution in [3.05, 3.63) is 58.3 Å². The fraction of sp³-hybridized carbons (Fsp3) is 0.0769. The molecule has 0 saturated heterocycles. The molecule has 1 heterocycles. The first-order chi connectivity index (χ1) is 6.86. The van der Waals surface area contributed by atoms with Crippen LogP contribution in [0, 0.1) is 0 Å². The lowest BCUT2D eigenvalue weighted by atomic mass is 10.1. The highest BCUT2D eigenvalue weighted by atomic mass is 32.1. The van der Waals surface area contributed by atoms with E-state index in [4.69, 9.17) is 0 Å². The normalized spacial score (nSPS) is 11.6. The molecule has 0 aliphatic rings. The van der Waals surface area contributed by atoms with Crippen molar-refractivity contribution in [3.63, 3.8) is 0 Å². The van der Waals surface area contributed by atoms with E-state index in [1.54, 1.807) is 11.3 Å². The monoisotopic (exact) mass is 200 g/mol. The minimum atomic E-state index is 1.29. The van der Waals surface area contributed by atoms with Gasteiger partial charge in [0.25, 0.3) is 0 Å². The van der Waals surface area contributed by atoms with Crippen LogP contribution in [-0.2, 0) is 0 Å². The Labute approximate surface area is 88.5 Å². The maximum Gasteiger partial charge on any atom is -0.00207 e. The number of benzene rings is 1. The third-order valence-corrected chi connectivity index (χ3v) is 2.86. The summed E-state index contributed by atoms with van der Waals surface area (Å²) >= 11 is 1.73. The minimum absolute atomic E-state index is 1.29. The molecule has 2 aromatic rings. The van der Waals surface area contributed by atoms with Crippen molar-refractivity contribution >= 4 is 23.0 Å². The van der Waals surface area contributed by atoms with Crippen molar-refractivity contribution in [1.29, 1.82) is 0 Å². The smallest absolute Gasteiger partial charge is 0.00207 e. The predicted octanol–water partition coefficient (Wildman–Crippen LogP) is 4.31. The number of allylic oxidation sites excluding steroid dienone is 1. The van der Waals surface area contributed by atoms with Crippen molar-refractivity contribution in [2.75, 3.05) is 0 Å². The summed E-state index contributed by atoms with van der Waals surface area (Å²) < 4.78 is 0. The van der Waals surface area contributed by atoms with Gasteiger partial charge in [0.05, 0.1) is 0 Å². The molecule has 14 heavy (non-hydrogen) atoms. The number of rotatable bonds is 2. The number of hydrogen-bond acceptors (Lipinski definition) is 1. The standard InChI is InChI=1S/C13H12S/c1-11(9-12-7-8-14-10-12)13-5-3-2-4-6-13/h2-10H,1H3/b11-9+. The van der Waals surface area contributed by atoms with E-state index in [0.29, 0.717) is 0 Å². The molecule has 0 bridgehead atoms. The van der Waals surface area contributed by atoms with E-state index >= 15 is 0 Å². The summed E-state index contributed by atoms with van der Waals surface area (Å²) in [4.78, 5) is 0. The van der Waals surface area contributed by atoms with Crippen LogP contribution >= 0.6 is 11.3 Å². The molecular weight excluding hydrogens is 188 g/mol. The SMILES string of the molecule is C/C(=C\c1ccsc1)c1ccccc1. The predicted molar refractivity (Wildman–Crippen MR) is 64.3 cm³/mol. The first-order valence-corrected chi connectivity index (χ1v) is 5.56. The lowest BCUT2D eigenvalue weighted by molar-refractivity contribution is 1.58. The van der Waals surface area contributed by atoms with Gasteiger partial charge < -0.3 is 0 Å². The van der Waals surface area contributed by atoms with Gasteiger partial charge in [-0.2, -0.15) is 11.3 Å². The Morgan fingerprint density at radius 1 is 1.14 bits per heavy atom. The van der Waals surface area contributed by atoms with Crippen molar-refractivity contribution < 1.29 is 0 Å². The zero-order valence-corrected chi connectivity index (χ0v) is 8.92. The molecule has 0 amide bonds. The molecule has 0 aliphatic heterocycles. The van der Waals surface area contributed by atoms with Gasteiger partial charge in [-0.1, -0.05) is 36.4 Å². The summed E-state index contributed by atoms with van der Waals surface area (Å²) in [6.45, 7) is 2.15. The second-order valence-electron chi connectivity index (χ2n) is 3.25. The topological polar surface area (TPSA) is 0 Å². The average molecular weight is 200 g/mol. The Balaban J connectivity index is 2.29. The fourth-order valence-electron chi connectivity index (χ4n) is 1.39. The van der Waals surface area contributed by atoms with E-state index in [2.05, 4.69) is 54.1 Å². The van der Waals surface area contributed by atoms with Crippen LogP contribution in [0.4, 0.5) is 0 Å². The lowest BCUT2D eigenvalue weighted by Gasteiger charge is -1.99. The maximum absolute atomic E-state index is 2.21. The molecular formula is C13H12S. The Kier molecular flexibility index (Phi) is 2.80. The molecule has 0 fully saturated rings. The third kappa shape index (κ3) is 2.12. The maximum atomic E-state index is 2.21. The van der Waals surface area contributed by atoms with E-state index in [1.165, 1.54) is 16.7 Å². The minimum Gasteiger partial charge on any atom is -0.152 e. The molecule has 0 nitrogen and oxygen atoms in total. The van der Waals surface area contributed by atoms with Gasteiger partial charge in [-0.25, -0.2) is 0 Å². The first-order valence-electron chi connectivity index (χ1n) is 4.62. The van der Waals surface area contributed by atoms with Crippen molar-refractivity contribution in [1.82, 2.24) is 0 Å². The van der Waals surface area contributed by atoms with Gasteiger partial charge in [-0.05, 0) is 40.5 Å². The van der Waals surface area contributed by atoms with E-state index in [0.717, 1.165) is 0 Å². The number of thiophene rings is 1. The molecule has 0 unspecified atom stereocenters. The summed E-state index contributed by atoms with van der Waals surface area (Å²) in [5.74, 6) is 0. The Bertz CT molecular complexity index is 410. The zero-order chi connectivity index (χ0) is 9.80. The molecule has 0 atom stereocenters. The van der Waals surface area contributed by atoms with Gasteiger partial charge >= 0.3 is 0 Å². The van der Waals surface area contributed by atoms with E-state index in [-0.39, 0.29) is 0 Å². The van der Waals surface area contributed by atoms with Crippen LogP contribution in [0.3, 0.4) is 0 Å². The van der Waals surface area contributed by atoms with Gasteiger partial charge in [-0.3, -0.25) is 0 Å². The second-order valence-corrected chi connectivity index (χ2v) is 4.03. The van der Waals surface area contributed by atoms with Crippen LogP contribution in [0.15, 0.2) is 47.2 Å². The van der Waals surface area contributed by atoms with Crippen LogP contribution in [0.5, 0.6) is 0 Å². The van der Waals surface area contributed by atoms with Gasteiger partial charge in [0.15, 0.2) is 0 Å². The molecule has 0 spiro atoms. The summed E-state index contributed by atoms with van der Waals surface area (Å²) in [5.41, 5.74) is 3.89. The summed E-state index contributed by atoms with van der Waals surface area (Å²) in [6, 6.07) is 12.6. The van der Waals surface area contributed by atoms with Crippen LogP contribution in [0.25, 0.3) is 11.6 Å². The molecule has 70 valence electrons. The summed E-state index contributed by atoms with van der Waals surface area (Å²) in [7, 11) is 0. The first kappa shape index (κ1) is 9.22. The molecule has 0 aliphatic carbocycles. The largest absolute Gasteiger partial charge is 0.152 e. The van der Waals surface area contributed by atoms with Gasteiger partial charge in [0.2, 0.25) is 0 Å². The highest BCUT2D eigenvalue weighted by molar-refractivity contribution is 7.08. The van der Waals surface area contributed by atoms with Gasteiger partial charge in [-0.15, -0.1) is 0 Å². The summed E-state index contributed by atoms with van der Waals surface area (Å²) in [5, 5.41) is 4.26. The van der Waals surface area contributed by atoms with Crippen LogP contribution in [0.1, 0.15) is 18.1 Å². The van der Waals surface area contributed by atoms with Crippen LogP contribution in [-0.4, -0.2) is 0 Å². The fourth-order valence-corrected chi connectivity index (χ4v) is 2.01. The second kappa shape index (κ2) is 4.25. The molecule has 0 radical (unpaired) electrons. The van der Waals surface area contributed by atoms with Crippen molar-refractivity contribution in [3.8, 4) is 0 Å². The molecule has 1 aromatic carbocycles. The Morgan fingerprint density at radius 3 is 2.57 bits per heavy atom. The Morgan fingerprint density at radius 2 is 1.93 bits per heavy atom.